The van der Waals surface area contributed by atoms with Crippen LogP contribution in [0.25, 0.3) is 11.5 Å². The van der Waals surface area contributed by atoms with E-state index >= 15 is 0 Å². The molecule has 1 atom stereocenters. The maximum atomic E-state index is 12.4. The normalized spacial score (nSPS) is 17.7. The lowest BCUT2D eigenvalue weighted by molar-refractivity contribution is 0.102. The minimum Gasteiger partial charge on any atom is -0.411 e. The highest BCUT2D eigenvalue weighted by Crippen LogP contribution is 2.59. The summed E-state index contributed by atoms with van der Waals surface area (Å²) in [6, 6.07) is 14.6. The molecule has 1 saturated carbocycles. The summed E-state index contributed by atoms with van der Waals surface area (Å²) in [4.78, 5) is 12.4. The summed E-state index contributed by atoms with van der Waals surface area (Å²) >= 11 is 19.5. The summed E-state index contributed by atoms with van der Waals surface area (Å²) in [7, 11) is 0. The highest BCUT2D eigenvalue weighted by molar-refractivity contribution is 7.99. The molecule has 4 rings (SSSR count). The fraction of sp³-hybridized carbons (Fsp3) is 0.211. The zero-order valence-electron chi connectivity index (χ0n) is 13.9. The zero-order chi connectivity index (χ0) is 19.0. The lowest BCUT2D eigenvalue weighted by Crippen LogP contribution is -2.02. The van der Waals surface area contributed by atoms with Gasteiger partial charge in [0.2, 0.25) is 5.89 Å². The first-order valence-corrected chi connectivity index (χ1v) is 10.3. The second kappa shape index (κ2) is 7.47. The Morgan fingerprint density at radius 1 is 1.15 bits per heavy atom. The van der Waals surface area contributed by atoms with E-state index in [2.05, 4.69) is 10.2 Å². The molecule has 0 spiro atoms. The van der Waals surface area contributed by atoms with Gasteiger partial charge in [-0.05, 0) is 24.1 Å². The van der Waals surface area contributed by atoms with Crippen molar-refractivity contribution in [3.63, 3.8) is 0 Å². The van der Waals surface area contributed by atoms with Crippen molar-refractivity contribution in [3.8, 4) is 11.5 Å². The lowest BCUT2D eigenvalue weighted by atomic mass is 10.1. The van der Waals surface area contributed by atoms with Gasteiger partial charge in [-0.25, -0.2) is 0 Å². The van der Waals surface area contributed by atoms with E-state index in [9.17, 15) is 4.79 Å². The Kier molecular flexibility index (Phi) is 5.21. The number of ketones is 1. The van der Waals surface area contributed by atoms with Crippen LogP contribution in [-0.4, -0.2) is 26.1 Å². The average Bonchev–Trinajstić information content (AvgIpc) is 3.08. The molecule has 1 aliphatic rings. The van der Waals surface area contributed by atoms with Gasteiger partial charge < -0.3 is 4.42 Å². The number of Topliss-reactive ketones (excluding diaryl/α,β-unsaturated/α-hetero) is 1. The molecule has 27 heavy (non-hydrogen) atoms. The van der Waals surface area contributed by atoms with E-state index in [0.29, 0.717) is 27.3 Å². The maximum Gasteiger partial charge on any atom is 0.277 e. The van der Waals surface area contributed by atoms with Gasteiger partial charge in [-0.3, -0.25) is 4.79 Å². The average molecular weight is 440 g/mol. The van der Waals surface area contributed by atoms with Crippen molar-refractivity contribution < 1.29 is 9.21 Å². The van der Waals surface area contributed by atoms with Crippen LogP contribution in [0.4, 0.5) is 0 Å². The Balaban J connectivity index is 1.38. The molecule has 138 valence electrons. The molecule has 2 aromatic carbocycles. The van der Waals surface area contributed by atoms with Crippen molar-refractivity contribution in [3.05, 3.63) is 64.7 Å². The van der Waals surface area contributed by atoms with Crippen LogP contribution in [0.15, 0.2) is 58.2 Å². The number of thioether (sulfide) groups is 1. The predicted molar refractivity (Wildman–Crippen MR) is 108 cm³/mol. The molecule has 0 radical (unpaired) electrons. The molecule has 1 aliphatic carbocycles. The first-order chi connectivity index (χ1) is 12.9. The summed E-state index contributed by atoms with van der Waals surface area (Å²) in [6.45, 7) is 0. The molecular formula is C19H13Cl3N2O2S. The van der Waals surface area contributed by atoms with Crippen molar-refractivity contribution in [2.24, 2.45) is 0 Å². The molecule has 8 heteroatoms. The highest BCUT2D eigenvalue weighted by Gasteiger charge is 2.52. The predicted octanol–water partition coefficient (Wildman–Crippen LogP) is 6.03. The minimum atomic E-state index is -0.668. The van der Waals surface area contributed by atoms with Gasteiger partial charge >= 0.3 is 0 Å². The van der Waals surface area contributed by atoms with Gasteiger partial charge in [0.1, 0.15) is 4.33 Å². The highest BCUT2D eigenvalue weighted by atomic mass is 35.5. The van der Waals surface area contributed by atoms with Gasteiger partial charge in [-0.15, -0.1) is 33.4 Å². The fourth-order valence-electron chi connectivity index (χ4n) is 2.70. The van der Waals surface area contributed by atoms with Crippen LogP contribution in [0.3, 0.4) is 0 Å². The first kappa shape index (κ1) is 18.8. The van der Waals surface area contributed by atoms with Gasteiger partial charge in [0.15, 0.2) is 5.78 Å². The van der Waals surface area contributed by atoms with E-state index in [-0.39, 0.29) is 17.5 Å². The standard InChI is InChI=1S/C19H13Cl3N2O2S/c20-15-4-2-1-3-13(15)17-23-24-18(26-17)27-10-16(25)12-7-5-11(6-8-12)14-9-19(14,21)22/h1-8,14H,9-10H2/t14-/m0/s1. The molecule has 3 aromatic rings. The summed E-state index contributed by atoms with van der Waals surface area (Å²) < 4.78 is 4.93. The largest absolute Gasteiger partial charge is 0.411 e. The van der Waals surface area contributed by atoms with Crippen LogP contribution in [-0.2, 0) is 0 Å². The number of nitrogens with zero attached hydrogens (tertiary/aromatic N) is 2. The fourth-order valence-corrected chi connectivity index (χ4v) is 4.13. The Morgan fingerprint density at radius 2 is 1.85 bits per heavy atom. The molecule has 1 heterocycles. The first-order valence-electron chi connectivity index (χ1n) is 8.16. The molecule has 0 saturated heterocycles. The van der Waals surface area contributed by atoms with E-state index in [1.165, 1.54) is 11.8 Å². The molecule has 1 fully saturated rings. The van der Waals surface area contributed by atoms with E-state index in [1.54, 1.807) is 24.3 Å². The monoisotopic (exact) mass is 438 g/mol. The van der Waals surface area contributed by atoms with Crippen molar-refractivity contribution in [1.29, 1.82) is 0 Å². The number of hydrogen-bond donors (Lipinski definition) is 0. The van der Waals surface area contributed by atoms with Gasteiger partial charge in [0, 0.05) is 11.5 Å². The SMILES string of the molecule is O=C(CSc1nnc(-c2ccccc2Cl)o1)c1ccc([C@@H]2CC2(Cl)Cl)cc1. The Labute approximate surface area is 175 Å². The number of rotatable bonds is 6. The number of carbonyl (C=O) groups is 1. The van der Waals surface area contributed by atoms with Crippen LogP contribution in [0.2, 0.25) is 5.02 Å². The molecule has 0 bridgehead atoms. The van der Waals surface area contributed by atoms with Crippen LogP contribution in [0.1, 0.15) is 28.3 Å². The molecule has 0 unspecified atom stereocenters. The van der Waals surface area contributed by atoms with Crippen molar-refractivity contribution in [2.75, 3.05) is 5.75 Å². The van der Waals surface area contributed by atoms with Crippen molar-refractivity contribution in [2.45, 2.75) is 21.9 Å². The van der Waals surface area contributed by atoms with Gasteiger partial charge in [-0.1, -0.05) is 59.8 Å². The number of halogens is 3. The second-order valence-corrected chi connectivity index (χ2v) is 9.08. The van der Waals surface area contributed by atoms with Crippen LogP contribution >= 0.6 is 46.6 Å². The summed E-state index contributed by atoms with van der Waals surface area (Å²) in [5, 5.41) is 8.81. The van der Waals surface area contributed by atoms with E-state index in [0.717, 1.165) is 12.0 Å². The number of carbonyl (C=O) groups excluding carboxylic acids is 1. The van der Waals surface area contributed by atoms with Gasteiger partial charge in [0.25, 0.3) is 5.22 Å². The van der Waals surface area contributed by atoms with Gasteiger partial charge in [-0.2, -0.15) is 0 Å². The smallest absolute Gasteiger partial charge is 0.277 e. The second-order valence-electron chi connectivity index (χ2n) is 6.20. The third kappa shape index (κ3) is 4.16. The van der Waals surface area contributed by atoms with Crippen molar-refractivity contribution in [1.82, 2.24) is 10.2 Å². The topological polar surface area (TPSA) is 56.0 Å². The molecule has 1 aromatic heterocycles. The summed E-state index contributed by atoms with van der Waals surface area (Å²) in [5.74, 6) is 0.640. The maximum absolute atomic E-state index is 12.4. The number of hydrogen-bond acceptors (Lipinski definition) is 5. The molecule has 4 nitrogen and oxygen atoms in total. The Hall–Kier alpha value is -1.53. The van der Waals surface area contributed by atoms with E-state index in [4.69, 9.17) is 39.2 Å². The molecule has 0 amide bonds. The van der Waals surface area contributed by atoms with Crippen LogP contribution < -0.4 is 0 Å². The Morgan fingerprint density at radius 3 is 2.52 bits per heavy atom. The van der Waals surface area contributed by atoms with E-state index < -0.39 is 4.33 Å². The summed E-state index contributed by atoms with van der Waals surface area (Å²) in [6.07, 6.45) is 0.740. The Bertz CT molecular complexity index is 989. The summed E-state index contributed by atoms with van der Waals surface area (Å²) in [5.41, 5.74) is 2.33. The van der Waals surface area contributed by atoms with Crippen molar-refractivity contribution >= 4 is 52.3 Å². The van der Waals surface area contributed by atoms with Crippen LogP contribution in [0.5, 0.6) is 0 Å². The van der Waals surface area contributed by atoms with Gasteiger partial charge in [0.05, 0.1) is 16.3 Å². The number of benzene rings is 2. The number of alkyl halides is 2. The molecule has 0 aliphatic heterocycles. The van der Waals surface area contributed by atoms with E-state index in [1.807, 2.05) is 24.3 Å². The number of aromatic nitrogens is 2. The quantitative estimate of drug-likeness (QED) is 0.267. The lowest BCUT2D eigenvalue weighted by Gasteiger charge is -2.03. The molecular weight excluding hydrogens is 427 g/mol. The molecule has 0 N–H and O–H groups in total. The minimum absolute atomic E-state index is 0.0251. The third-order valence-corrected chi connectivity index (χ3v) is 6.28. The zero-order valence-corrected chi connectivity index (χ0v) is 16.9. The third-order valence-electron chi connectivity index (χ3n) is 4.30. The van der Waals surface area contributed by atoms with Crippen LogP contribution in [0, 0.1) is 0 Å².